The Morgan fingerprint density at radius 1 is 1.29 bits per heavy atom. The van der Waals surface area contributed by atoms with Crippen LogP contribution in [-0.4, -0.2) is 17.5 Å². The summed E-state index contributed by atoms with van der Waals surface area (Å²) >= 11 is 0. The van der Waals surface area contributed by atoms with Gasteiger partial charge in [-0.1, -0.05) is 37.3 Å². The second-order valence-electron chi connectivity index (χ2n) is 6.76. The normalized spacial score (nSPS) is 35.7. The topological polar surface area (TPSA) is 35.5 Å². The average molecular weight is 288 g/mol. The van der Waals surface area contributed by atoms with Crippen LogP contribution < -0.4 is 0 Å². The summed E-state index contributed by atoms with van der Waals surface area (Å²) in [5.74, 6) is 0.611. The molecule has 1 aliphatic carbocycles. The maximum atomic E-state index is 12.1. The summed E-state index contributed by atoms with van der Waals surface area (Å²) in [5.41, 5.74) is 1.03. The van der Waals surface area contributed by atoms with Crippen LogP contribution in [-0.2, 0) is 21.0 Å². The summed E-state index contributed by atoms with van der Waals surface area (Å²) in [6.45, 7) is 4.05. The minimum atomic E-state index is -0.318. The van der Waals surface area contributed by atoms with Crippen molar-refractivity contribution in [3.8, 4) is 0 Å². The van der Waals surface area contributed by atoms with Gasteiger partial charge in [0.25, 0.3) is 0 Å². The molecule has 1 saturated heterocycles. The average Bonchev–Trinajstić information content (AvgIpc) is 2.49. The molecule has 2 fully saturated rings. The number of rotatable bonds is 4. The van der Waals surface area contributed by atoms with Gasteiger partial charge in [0, 0.05) is 18.3 Å². The fourth-order valence-corrected chi connectivity index (χ4v) is 3.57. The first-order valence-electron chi connectivity index (χ1n) is 7.99. The molecule has 0 amide bonds. The van der Waals surface area contributed by atoms with Gasteiger partial charge in [-0.2, -0.15) is 0 Å². The van der Waals surface area contributed by atoms with Gasteiger partial charge in [-0.05, 0) is 38.2 Å². The second-order valence-corrected chi connectivity index (χ2v) is 6.76. The van der Waals surface area contributed by atoms with Gasteiger partial charge in [-0.25, -0.2) is 9.78 Å². The first kappa shape index (κ1) is 14.7. The number of aryl methyl sites for hydroxylation is 1. The van der Waals surface area contributed by atoms with Gasteiger partial charge in [0.15, 0.2) is 0 Å². The summed E-state index contributed by atoms with van der Waals surface area (Å²) in [6, 6.07) is 10.5. The van der Waals surface area contributed by atoms with Crippen LogP contribution in [0.1, 0.15) is 45.1 Å². The number of hydrogen-bond donors (Lipinski definition) is 0. The van der Waals surface area contributed by atoms with E-state index in [1.165, 1.54) is 5.56 Å². The molecule has 3 rings (SSSR count). The van der Waals surface area contributed by atoms with E-state index in [1.54, 1.807) is 0 Å². The molecule has 4 atom stereocenters. The molecule has 1 aromatic rings. The Balaban J connectivity index is 1.58. The van der Waals surface area contributed by atoms with Gasteiger partial charge in [-0.3, -0.25) is 4.79 Å². The number of carbonyl (C=O) groups excluding carboxylic acids is 1. The van der Waals surface area contributed by atoms with E-state index in [4.69, 9.17) is 9.78 Å². The standard InChI is InChI=1S/C18H24O3/c1-13-16(19)11-15-12-17(13)20-21-18(15,2)10-6-9-14-7-4-3-5-8-14/h3-5,7-8,13,15,17H,6,9-12H2,1-2H3/t13-,15+,17+,18-/m1/s1. The lowest BCUT2D eigenvalue weighted by atomic mass is 9.70. The zero-order valence-corrected chi connectivity index (χ0v) is 12.9. The fourth-order valence-electron chi connectivity index (χ4n) is 3.57. The Bertz CT molecular complexity index is 498. The highest BCUT2D eigenvalue weighted by Gasteiger charge is 2.49. The van der Waals surface area contributed by atoms with Crippen molar-refractivity contribution in [2.45, 2.75) is 57.7 Å². The third-order valence-electron chi connectivity index (χ3n) is 5.24. The lowest BCUT2D eigenvalue weighted by Crippen LogP contribution is -2.52. The summed E-state index contributed by atoms with van der Waals surface area (Å²) < 4.78 is 0. The van der Waals surface area contributed by atoms with Crippen molar-refractivity contribution in [1.82, 2.24) is 0 Å². The van der Waals surface area contributed by atoms with E-state index in [2.05, 4.69) is 31.2 Å². The van der Waals surface area contributed by atoms with Crippen molar-refractivity contribution < 1.29 is 14.6 Å². The van der Waals surface area contributed by atoms with Gasteiger partial charge >= 0.3 is 0 Å². The molecule has 1 aliphatic heterocycles. The van der Waals surface area contributed by atoms with E-state index in [1.807, 2.05) is 13.0 Å². The van der Waals surface area contributed by atoms with Crippen molar-refractivity contribution in [2.75, 3.05) is 0 Å². The van der Waals surface area contributed by atoms with Crippen LogP contribution in [0.2, 0.25) is 0 Å². The van der Waals surface area contributed by atoms with Crippen LogP contribution in [0.25, 0.3) is 0 Å². The van der Waals surface area contributed by atoms with Crippen LogP contribution in [0.4, 0.5) is 0 Å². The molecule has 1 saturated carbocycles. The molecule has 21 heavy (non-hydrogen) atoms. The molecular weight excluding hydrogens is 264 g/mol. The van der Waals surface area contributed by atoms with Crippen molar-refractivity contribution in [3.05, 3.63) is 35.9 Å². The lowest BCUT2D eigenvalue weighted by molar-refractivity contribution is -0.429. The highest BCUT2D eigenvalue weighted by atomic mass is 17.2. The highest BCUT2D eigenvalue weighted by molar-refractivity contribution is 5.82. The minimum Gasteiger partial charge on any atom is -0.299 e. The molecule has 3 heteroatoms. The number of benzene rings is 1. The summed E-state index contributed by atoms with van der Waals surface area (Å²) in [4.78, 5) is 23.3. The molecule has 114 valence electrons. The van der Waals surface area contributed by atoms with Crippen molar-refractivity contribution in [1.29, 1.82) is 0 Å². The second kappa shape index (κ2) is 5.90. The predicted octanol–water partition coefficient (Wildman–Crippen LogP) is 3.71. The highest BCUT2D eigenvalue weighted by Crippen LogP contribution is 2.44. The van der Waals surface area contributed by atoms with Gasteiger partial charge in [0.1, 0.15) is 17.5 Å². The zero-order chi connectivity index (χ0) is 14.9. The smallest absolute Gasteiger partial charge is 0.138 e. The Morgan fingerprint density at radius 2 is 2.05 bits per heavy atom. The first-order valence-corrected chi connectivity index (χ1v) is 7.99. The molecule has 0 aromatic heterocycles. The molecule has 1 aromatic carbocycles. The van der Waals surface area contributed by atoms with Gasteiger partial charge in [0.2, 0.25) is 0 Å². The van der Waals surface area contributed by atoms with Crippen LogP contribution in [0.5, 0.6) is 0 Å². The molecule has 0 unspecified atom stereocenters. The summed E-state index contributed by atoms with van der Waals surface area (Å²) in [6.07, 6.45) is 4.58. The third-order valence-corrected chi connectivity index (χ3v) is 5.24. The van der Waals surface area contributed by atoms with Gasteiger partial charge in [0.05, 0.1) is 0 Å². The maximum absolute atomic E-state index is 12.1. The van der Waals surface area contributed by atoms with Crippen LogP contribution >= 0.6 is 0 Å². The number of hydrogen-bond acceptors (Lipinski definition) is 3. The van der Waals surface area contributed by atoms with E-state index >= 15 is 0 Å². The molecule has 2 aliphatic rings. The molecular formula is C18H24O3. The predicted molar refractivity (Wildman–Crippen MR) is 80.6 cm³/mol. The Morgan fingerprint density at radius 3 is 2.81 bits per heavy atom. The third kappa shape index (κ3) is 3.04. The molecule has 3 nitrogen and oxygen atoms in total. The van der Waals surface area contributed by atoms with Crippen molar-refractivity contribution >= 4 is 5.78 Å². The maximum Gasteiger partial charge on any atom is 0.138 e. The van der Waals surface area contributed by atoms with Crippen molar-refractivity contribution in [3.63, 3.8) is 0 Å². The lowest BCUT2D eigenvalue weighted by Gasteiger charge is -2.47. The zero-order valence-electron chi connectivity index (χ0n) is 12.9. The summed E-state index contributed by atoms with van der Waals surface area (Å²) in [7, 11) is 0. The minimum absolute atomic E-state index is 0.0184. The number of fused-ring (bicyclic) bond motifs is 2. The number of carbonyl (C=O) groups is 1. The largest absolute Gasteiger partial charge is 0.299 e. The van der Waals surface area contributed by atoms with E-state index in [0.717, 1.165) is 25.7 Å². The van der Waals surface area contributed by atoms with Gasteiger partial charge < -0.3 is 0 Å². The SMILES string of the molecule is C[C@@H]1C(=O)C[C@H]2C[C@@H]1OO[C@]2(C)CCCc1ccccc1. The Labute approximate surface area is 126 Å². The van der Waals surface area contributed by atoms with Crippen LogP contribution in [0.3, 0.4) is 0 Å². The van der Waals surface area contributed by atoms with Crippen molar-refractivity contribution in [2.24, 2.45) is 11.8 Å². The van der Waals surface area contributed by atoms with Crippen LogP contribution in [0, 0.1) is 11.8 Å². The quantitative estimate of drug-likeness (QED) is 0.792. The molecule has 2 bridgehead atoms. The number of ketones is 1. The molecule has 1 heterocycles. The van der Waals surface area contributed by atoms with Gasteiger partial charge in [-0.15, -0.1) is 0 Å². The first-order chi connectivity index (χ1) is 10.1. The summed E-state index contributed by atoms with van der Waals surface area (Å²) in [5, 5.41) is 0. The Kier molecular flexibility index (Phi) is 4.14. The molecule has 0 spiro atoms. The van der Waals surface area contributed by atoms with E-state index in [0.29, 0.717) is 18.1 Å². The molecule has 0 N–H and O–H groups in total. The molecule has 0 radical (unpaired) electrons. The monoisotopic (exact) mass is 288 g/mol. The van der Waals surface area contributed by atoms with Crippen LogP contribution in [0.15, 0.2) is 30.3 Å². The number of Topliss-reactive ketones (excluding diaryl/α,β-unsaturated/α-hetero) is 1. The van der Waals surface area contributed by atoms with E-state index < -0.39 is 0 Å². The Hall–Kier alpha value is -1.19. The van der Waals surface area contributed by atoms with E-state index in [9.17, 15) is 4.79 Å². The fraction of sp³-hybridized carbons (Fsp3) is 0.611. The van der Waals surface area contributed by atoms with E-state index in [-0.39, 0.29) is 17.6 Å².